The third-order valence-electron chi connectivity index (χ3n) is 8.40. The summed E-state index contributed by atoms with van der Waals surface area (Å²) in [6.45, 7) is 8.31. The van der Waals surface area contributed by atoms with Crippen molar-refractivity contribution >= 4 is 11.9 Å². The first-order chi connectivity index (χ1) is 24.0. The van der Waals surface area contributed by atoms with E-state index in [1.807, 2.05) is 0 Å². The van der Waals surface area contributed by atoms with Gasteiger partial charge in [-0.3, -0.25) is 19.4 Å². The summed E-state index contributed by atoms with van der Waals surface area (Å²) >= 11 is 0. The molecule has 0 aliphatic rings. The molecule has 2 atom stereocenters. The van der Waals surface area contributed by atoms with Crippen LogP contribution in [0.5, 0.6) is 0 Å². The molecule has 12 heteroatoms. The number of rotatable bonds is 12. The highest BCUT2D eigenvalue weighted by atomic mass is 19.4. The summed E-state index contributed by atoms with van der Waals surface area (Å²) in [5, 5.41) is 12.4. The zero-order valence-corrected chi connectivity index (χ0v) is 28.8. The SMILES string of the molecule is CC#Cc1cc(-c2c(C)cc(F)cc2C)cc(C(CC(=O)O)NC(=O)C(CC(C)C)n2cc(CCc3ccccn3)c(C(F)(F)F)cc2=O)c1F. The van der Waals surface area contributed by atoms with E-state index in [9.17, 15) is 37.1 Å². The van der Waals surface area contributed by atoms with E-state index >= 15 is 4.39 Å². The second-order valence-electron chi connectivity index (χ2n) is 12.8. The van der Waals surface area contributed by atoms with Crippen molar-refractivity contribution in [2.24, 2.45) is 5.92 Å². The molecule has 51 heavy (non-hydrogen) atoms. The Morgan fingerprint density at radius 2 is 1.71 bits per heavy atom. The van der Waals surface area contributed by atoms with Gasteiger partial charge in [0.1, 0.15) is 17.7 Å². The predicted molar refractivity (Wildman–Crippen MR) is 183 cm³/mol. The lowest BCUT2D eigenvalue weighted by atomic mass is 9.90. The van der Waals surface area contributed by atoms with E-state index in [1.165, 1.54) is 37.4 Å². The van der Waals surface area contributed by atoms with Gasteiger partial charge in [-0.2, -0.15) is 13.2 Å². The molecule has 0 radical (unpaired) electrons. The number of aromatic nitrogens is 2. The van der Waals surface area contributed by atoms with Gasteiger partial charge in [0.25, 0.3) is 5.56 Å². The van der Waals surface area contributed by atoms with Crippen LogP contribution in [0, 0.1) is 43.2 Å². The molecule has 2 aromatic carbocycles. The van der Waals surface area contributed by atoms with Crippen molar-refractivity contribution in [3.63, 3.8) is 0 Å². The molecular weight excluding hydrogens is 669 g/mol. The number of halogens is 5. The van der Waals surface area contributed by atoms with E-state index in [1.54, 1.807) is 45.9 Å². The van der Waals surface area contributed by atoms with Gasteiger partial charge in [0, 0.05) is 29.7 Å². The van der Waals surface area contributed by atoms with Crippen LogP contribution in [0.1, 0.15) is 84.8 Å². The molecule has 2 unspecified atom stereocenters. The van der Waals surface area contributed by atoms with Gasteiger partial charge in [0.15, 0.2) is 0 Å². The van der Waals surface area contributed by atoms with Crippen LogP contribution in [0.15, 0.2) is 65.7 Å². The maximum atomic E-state index is 16.1. The van der Waals surface area contributed by atoms with Crippen molar-refractivity contribution in [2.45, 2.75) is 78.6 Å². The van der Waals surface area contributed by atoms with Crippen molar-refractivity contribution < 1.29 is 36.6 Å². The largest absolute Gasteiger partial charge is 0.481 e. The fourth-order valence-electron chi connectivity index (χ4n) is 6.22. The summed E-state index contributed by atoms with van der Waals surface area (Å²) in [4.78, 5) is 43.7. The zero-order chi connectivity index (χ0) is 37.6. The van der Waals surface area contributed by atoms with E-state index in [4.69, 9.17) is 0 Å². The van der Waals surface area contributed by atoms with Crippen LogP contribution in [-0.2, 0) is 28.6 Å². The first-order valence-electron chi connectivity index (χ1n) is 16.3. The number of alkyl halides is 3. The third-order valence-corrected chi connectivity index (χ3v) is 8.40. The van der Waals surface area contributed by atoms with Crippen LogP contribution < -0.4 is 10.9 Å². The molecule has 0 fully saturated rings. The van der Waals surface area contributed by atoms with Crippen LogP contribution in [0.3, 0.4) is 0 Å². The Labute approximate surface area is 292 Å². The second kappa shape index (κ2) is 16.1. The highest BCUT2D eigenvalue weighted by molar-refractivity contribution is 5.82. The summed E-state index contributed by atoms with van der Waals surface area (Å²) < 4.78 is 73.6. The lowest BCUT2D eigenvalue weighted by Crippen LogP contribution is -2.40. The maximum absolute atomic E-state index is 16.1. The van der Waals surface area contributed by atoms with Crippen molar-refractivity contribution in [1.29, 1.82) is 0 Å². The molecule has 4 aromatic rings. The molecule has 2 aromatic heterocycles. The number of amides is 1. The molecule has 0 aliphatic carbocycles. The quantitative estimate of drug-likeness (QED) is 0.115. The number of carbonyl (C=O) groups is 2. The number of nitrogens with zero attached hydrogens (tertiary/aromatic N) is 2. The minimum atomic E-state index is -4.86. The highest BCUT2D eigenvalue weighted by Gasteiger charge is 2.36. The number of aliphatic carboxylic acids is 1. The van der Waals surface area contributed by atoms with Crippen LogP contribution in [-0.4, -0.2) is 26.5 Å². The fourth-order valence-corrected chi connectivity index (χ4v) is 6.22. The molecule has 0 aliphatic heterocycles. The van der Waals surface area contributed by atoms with Gasteiger partial charge in [-0.05, 0) is 110 Å². The highest BCUT2D eigenvalue weighted by Crippen LogP contribution is 2.35. The second-order valence-corrected chi connectivity index (χ2v) is 12.8. The molecule has 2 heterocycles. The molecule has 1 amide bonds. The summed E-state index contributed by atoms with van der Waals surface area (Å²) in [5.41, 5.74) is -0.229. The topological polar surface area (TPSA) is 101 Å². The normalized spacial score (nSPS) is 12.6. The summed E-state index contributed by atoms with van der Waals surface area (Å²) in [6, 6.07) is 8.04. The van der Waals surface area contributed by atoms with Gasteiger partial charge in [0.2, 0.25) is 5.91 Å². The number of carboxylic acid groups (broad SMARTS) is 1. The minimum Gasteiger partial charge on any atom is -0.481 e. The Balaban J connectivity index is 1.83. The molecule has 2 N–H and O–H groups in total. The van der Waals surface area contributed by atoms with Gasteiger partial charge in [-0.15, -0.1) is 5.92 Å². The lowest BCUT2D eigenvalue weighted by molar-refractivity contribution is -0.139. The van der Waals surface area contributed by atoms with Crippen LogP contribution in [0.2, 0.25) is 0 Å². The van der Waals surface area contributed by atoms with Crippen molar-refractivity contribution in [1.82, 2.24) is 14.9 Å². The number of hydrogen-bond donors (Lipinski definition) is 2. The summed E-state index contributed by atoms with van der Waals surface area (Å²) in [7, 11) is 0. The average Bonchev–Trinajstić information content (AvgIpc) is 3.03. The fraction of sp³-hybridized carbons (Fsp3) is 0.333. The number of carboxylic acids is 1. The number of benzene rings is 2. The van der Waals surface area contributed by atoms with Crippen LogP contribution >= 0.6 is 0 Å². The summed E-state index contributed by atoms with van der Waals surface area (Å²) in [6.07, 6.45) is -3.15. The average molecular weight is 708 g/mol. The predicted octanol–water partition coefficient (Wildman–Crippen LogP) is 7.90. The van der Waals surface area contributed by atoms with Crippen molar-refractivity contribution in [3.05, 3.63) is 122 Å². The van der Waals surface area contributed by atoms with Gasteiger partial charge in [-0.1, -0.05) is 25.8 Å². The Bertz CT molecular complexity index is 2020. The van der Waals surface area contributed by atoms with E-state index in [2.05, 4.69) is 22.1 Å². The molecule has 0 bridgehead atoms. The molecule has 7 nitrogen and oxygen atoms in total. The minimum absolute atomic E-state index is 0.0143. The van der Waals surface area contributed by atoms with E-state index < -0.39 is 59.3 Å². The lowest BCUT2D eigenvalue weighted by Gasteiger charge is -2.27. The first-order valence-corrected chi connectivity index (χ1v) is 16.3. The zero-order valence-electron chi connectivity index (χ0n) is 28.8. The molecular formula is C39H38F5N3O4. The number of aryl methyl sites for hydroxylation is 4. The smallest absolute Gasteiger partial charge is 0.416 e. The Morgan fingerprint density at radius 1 is 1.02 bits per heavy atom. The Morgan fingerprint density at radius 3 is 2.27 bits per heavy atom. The Kier molecular flexibility index (Phi) is 12.2. The maximum Gasteiger partial charge on any atom is 0.416 e. The van der Waals surface area contributed by atoms with Gasteiger partial charge in [0.05, 0.1) is 23.6 Å². The Hall–Kier alpha value is -5.31. The van der Waals surface area contributed by atoms with E-state index in [0.717, 1.165) is 10.8 Å². The van der Waals surface area contributed by atoms with Gasteiger partial charge < -0.3 is 15.0 Å². The van der Waals surface area contributed by atoms with Crippen molar-refractivity contribution in [3.8, 4) is 23.0 Å². The number of pyridine rings is 2. The first kappa shape index (κ1) is 38.5. The van der Waals surface area contributed by atoms with Gasteiger partial charge >= 0.3 is 12.1 Å². The van der Waals surface area contributed by atoms with Gasteiger partial charge in [-0.25, -0.2) is 8.78 Å². The molecule has 0 saturated carbocycles. The molecule has 268 valence electrons. The van der Waals surface area contributed by atoms with Crippen LogP contribution in [0.4, 0.5) is 22.0 Å². The van der Waals surface area contributed by atoms with E-state index in [-0.39, 0.29) is 41.9 Å². The monoisotopic (exact) mass is 707 g/mol. The van der Waals surface area contributed by atoms with Crippen molar-refractivity contribution in [2.75, 3.05) is 0 Å². The molecule has 4 rings (SSSR count). The number of nitrogens with one attached hydrogen (secondary N) is 1. The summed E-state index contributed by atoms with van der Waals surface area (Å²) in [5.74, 6) is 1.40. The molecule has 0 spiro atoms. The molecule has 0 saturated heterocycles. The number of carbonyl (C=O) groups excluding carboxylic acids is 1. The van der Waals surface area contributed by atoms with E-state index in [0.29, 0.717) is 34.0 Å². The van der Waals surface area contributed by atoms with Crippen LogP contribution in [0.25, 0.3) is 11.1 Å². The number of hydrogen-bond acceptors (Lipinski definition) is 4. The standard InChI is InChI=1S/C39H38F5N3O4/c1-6-9-25-17-27(36-23(4)15-28(40)16-24(36)5)18-30(37(25)41)32(20-35(49)50)46-38(51)33(14-22(2)3)47-21-26(11-12-29-10-7-8-13-45-29)31(19-34(47)48)39(42,43)44/h7-8,10,13,15-19,21-22,32-33H,11-12,14,20H2,1-5H3,(H,46,51)(H,49,50). The third kappa shape index (κ3) is 9.48.